The van der Waals surface area contributed by atoms with E-state index >= 15 is 0 Å². The minimum atomic E-state index is 0. The number of nitrogen functional groups attached to an aromatic ring is 1. The number of nitrogens with zero attached hydrogens (tertiary/aromatic N) is 4. The van der Waals surface area contributed by atoms with Gasteiger partial charge in [-0.15, -0.1) is 0 Å². The quantitative estimate of drug-likeness (QED) is 0.523. The Morgan fingerprint density at radius 3 is 2.88 bits per heavy atom. The molecule has 16 heavy (non-hydrogen) atoms. The van der Waals surface area contributed by atoms with Crippen molar-refractivity contribution in [2.24, 2.45) is 0 Å². The van der Waals surface area contributed by atoms with Crippen LogP contribution in [-0.2, 0) is 6.54 Å². The van der Waals surface area contributed by atoms with Gasteiger partial charge in [0.1, 0.15) is 11.8 Å². The third kappa shape index (κ3) is 2.72. The summed E-state index contributed by atoms with van der Waals surface area (Å²) in [5.41, 5.74) is 7.23. The standard InChI is InChI=1S/C10H15N5.Na.H/c1-2-3-4-5-15-7-14-8-9(11)12-6-13-10(8)15;;/h6-7H,2-5H2,1H3,(H2,11,12,13);;/q;+1;-1. The number of hydrogen-bond donors (Lipinski definition) is 1. The van der Waals surface area contributed by atoms with E-state index in [9.17, 15) is 0 Å². The van der Waals surface area contributed by atoms with Gasteiger partial charge in [-0.25, -0.2) is 15.0 Å². The molecule has 6 heteroatoms. The molecule has 0 spiro atoms. The summed E-state index contributed by atoms with van der Waals surface area (Å²) in [5, 5.41) is 0. The van der Waals surface area contributed by atoms with Crippen LogP contribution in [0.15, 0.2) is 12.7 Å². The average Bonchev–Trinajstić information content (AvgIpc) is 2.64. The van der Waals surface area contributed by atoms with Crippen LogP contribution in [0.3, 0.4) is 0 Å². The molecule has 0 bridgehead atoms. The molecule has 0 amide bonds. The van der Waals surface area contributed by atoms with E-state index in [1.165, 1.54) is 19.2 Å². The van der Waals surface area contributed by atoms with E-state index in [1.54, 1.807) is 6.33 Å². The molecule has 82 valence electrons. The first-order chi connectivity index (χ1) is 7.33. The zero-order valence-corrected chi connectivity index (χ0v) is 11.8. The molecule has 0 saturated heterocycles. The molecule has 0 atom stereocenters. The van der Waals surface area contributed by atoms with E-state index in [1.807, 2.05) is 4.57 Å². The molecule has 2 N–H and O–H groups in total. The van der Waals surface area contributed by atoms with Gasteiger partial charge in [-0.1, -0.05) is 19.8 Å². The van der Waals surface area contributed by atoms with E-state index in [4.69, 9.17) is 5.73 Å². The molecule has 5 nitrogen and oxygen atoms in total. The van der Waals surface area contributed by atoms with Crippen LogP contribution in [0.5, 0.6) is 0 Å². The van der Waals surface area contributed by atoms with Crippen molar-refractivity contribution < 1.29 is 31.0 Å². The maximum absolute atomic E-state index is 5.70. The van der Waals surface area contributed by atoms with Crippen molar-refractivity contribution in [1.29, 1.82) is 0 Å². The van der Waals surface area contributed by atoms with Crippen LogP contribution >= 0.6 is 0 Å². The Hall–Kier alpha value is -0.650. The Morgan fingerprint density at radius 2 is 2.12 bits per heavy atom. The third-order valence-electron chi connectivity index (χ3n) is 2.43. The van der Waals surface area contributed by atoms with Crippen LogP contribution in [0.4, 0.5) is 5.82 Å². The molecule has 0 aliphatic rings. The fourth-order valence-electron chi connectivity index (χ4n) is 1.59. The fraction of sp³-hybridized carbons (Fsp3) is 0.500. The van der Waals surface area contributed by atoms with Crippen molar-refractivity contribution in [2.45, 2.75) is 32.7 Å². The molecule has 2 rings (SSSR count). The van der Waals surface area contributed by atoms with Gasteiger partial charge in [-0.05, 0) is 6.42 Å². The molecule has 0 aliphatic carbocycles. The van der Waals surface area contributed by atoms with Gasteiger partial charge in [0.15, 0.2) is 11.5 Å². The predicted octanol–water partition coefficient (Wildman–Crippen LogP) is -1.28. The first-order valence-electron chi connectivity index (χ1n) is 5.24. The summed E-state index contributed by atoms with van der Waals surface area (Å²) in [4.78, 5) is 12.3. The van der Waals surface area contributed by atoms with Crippen LogP contribution in [-0.4, -0.2) is 19.5 Å². The van der Waals surface area contributed by atoms with E-state index in [-0.39, 0.29) is 31.0 Å². The molecule has 0 unspecified atom stereocenters. The molecule has 0 aromatic carbocycles. The molecule has 0 radical (unpaired) electrons. The van der Waals surface area contributed by atoms with E-state index in [2.05, 4.69) is 21.9 Å². The zero-order chi connectivity index (χ0) is 10.7. The van der Waals surface area contributed by atoms with Crippen molar-refractivity contribution in [3.05, 3.63) is 12.7 Å². The fourth-order valence-corrected chi connectivity index (χ4v) is 1.59. The average molecular weight is 229 g/mol. The number of aryl methyl sites for hydroxylation is 1. The summed E-state index contributed by atoms with van der Waals surface area (Å²) in [7, 11) is 0. The molecule has 2 heterocycles. The summed E-state index contributed by atoms with van der Waals surface area (Å²) >= 11 is 0. The van der Waals surface area contributed by atoms with E-state index in [0.717, 1.165) is 18.6 Å². The monoisotopic (exact) mass is 229 g/mol. The Kier molecular flexibility index (Phi) is 5.18. The zero-order valence-electron chi connectivity index (χ0n) is 10.8. The predicted molar refractivity (Wildman–Crippen MR) is 60.4 cm³/mol. The molecule has 0 fully saturated rings. The number of rotatable bonds is 4. The van der Waals surface area contributed by atoms with Gasteiger partial charge in [0.05, 0.1) is 6.33 Å². The summed E-state index contributed by atoms with van der Waals surface area (Å²) in [5.74, 6) is 0.453. The number of fused-ring (bicyclic) bond motifs is 1. The molecular formula is C10H16N5Na. The Labute approximate surface area is 118 Å². The summed E-state index contributed by atoms with van der Waals surface area (Å²) in [6.07, 6.45) is 6.84. The van der Waals surface area contributed by atoms with Gasteiger partial charge < -0.3 is 11.7 Å². The molecule has 2 aromatic heterocycles. The maximum atomic E-state index is 5.70. The first kappa shape index (κ1) is 13.4. The smallest absolute Gasteiger partial charge is 1.00 e. The topological polar surface area (TPSA) is 69.6 Å². The van der Waals surface area contributed by atoms with E-state index in [0.29, 0.717) is 11.3 Å². The van der Waals surface area contributed by atoms with Crippen LogP contribution < -0.4 is 35.3 Å². The Morgan fingerprint density at radius 1 is 1.31 bits per heavy atom. The minimum absolute atomic E-state index is 0. The van der Waals surface area contributed by atoms with Gasteiger partial charge in [0.25, 0.3) is 0 Å². The first-order valence-corrected chi connectivity index (χ1v) is 5.24. The number of aromatic nitrogens is 4. The van der Waals surface area contributed by atoms with Gasteiger partial charge >= 0.3 is 29.6 Å². The van der Waals surface area contributed by atoms with Crippen molar-refractivity contribution >= 4 is 17.0 Å². The summed E-state index contributed by atoms with van der Waals surface area (Å²) < 4.78 is 2.03. The van der Waals surface area contributed by atoms with Crippen LogP contribution in [0.25, 0.3) is 11.2 Å². The van der Waals surface area contributed by atoms with Gasteiger partial charge in [0, 0.05) is 6.54 Å². The second kappa shape index (κ2) is 6.18. The Balaban J connectivity index is 0.00000128. The van der Waals surface area contributed by atoms with Crippen LogP contribution in [0.1, 0.15) is 27.6 Å². The number of imidazole rings is 1. The number of hydrogen-bond acceptors (Lipinski definition) is 4. The second-order valence-corrected chi connectivity index (χ2v) is 3.58. The van der Waals surface area contributed by atoms with Gasteiger partial charge in [-0.2, -0.15) is 0 Å². The maximum Gasteiger partial charge on any atom is 1.00 e. The van der Waals surface area contributed by atoms with Crippen molar-refractivity contribution in [2.75, 3.05) is 5.73 Å². The van der Waals surface area contributed by atoms with Crippen LogP contribution in [0.2, 0.25) is 0 Å². The normalized spacial score (nSPS) is 10.3. The SMILES string of the molecule is CCCCCn1cnc2c(N)ncnc21.[H-].[Na+]. The number of anilines is 1. The molecule has 0 aliphatic heterocycles. The molecular weight excluding hydrogens is 213 g/mol. The Bertz CT molecular complexity index is 459. The van der Waals surface area contributed by atoms with Crippen molar-refractivity contribution in [3.8, 4) is 0 Å². The number of nitrogens with two attached hydrogens (primary N) is 1. The molecule has 2 aromatic rings. The van der Waals surface area contributed by atoms with Gasteiger partial charge in [0.2, 0.25) is 0 Å². The summed E-state index contributed by atoms with van der Waals surface area (Å²) in [6, 6.07) is 0. The van der Waals surface area contributed by atoms with Gasteiger partial charge in [-0.3, -0.25) is 0 Å². The largest absolute Gasteiger partial charge is 1.00 e. The minimum Gasteiger partial charge on any atom is -1.00 e. The third-order valence-corrected chi connectivity index (χ3v) is 2.43. The second-order valence-electron chi connectivity index (χ2n) is 3.58. The molecule has 0 saturated carbocycles. The van der Waals surface area contributed by atoms with Crippen molar-refractivity contribution in [1.82, 2.24) is 19.5 Å². The van der Waals surface area contributed by atoms with Crippen molar-refractivity contribution in [3.63, 3.8) is 0 Å². The van der Waals surface area contributed by atoms with Crippen LogP contribution in [0, 0.1) is 0 Å². The number of unbranched alkanes of at least 4 members (excludes halogenated alkanes) is 2. The summed E-state index contributed by atoms with van der Waals surface area (Å²) in [6.45, 7) is 3.13. The van der Waals surface area contributed by atoms with E-state index < -0.39 is 0 Å².